The molecule has 0 unspecified atom stereocenters. The lowest BCUT2D eigenvalue weighted by atomic mass is 9.74. The molecule has 0 atom stereocenters. The molecule has 1 aliphatic heterocycles. The van der Waals surface area contributed by atoms with E-state index in [-0.39, 0.29) is 11.3 Å². The molecule has 1 aliphatic rings. The van der Waals surface area contributed by atoms with Crippen molar-refractivity contribution in [1.29, 1.82) is 0 Å². The molecule has 0 aliphatic carbocycles. The third kappa shape index (κ3) is 4.55. The van der Waals surface area contributed by atoms with E-state index in [4.69, 9.17) is 16.3 Å². The summed E-state index contributed by atoms with van der Waals surface area (Å²) in [5.41, 5.74) is 2.38. The van der Waals surface area contributed by atoms with Gasteiger partial charge >= 0.3 is 0 Å². The van der Waals surface area contributed by atoms with Gasteiger partial charge in [0.15, 0.2) is 0 Å². The summed E-state index contributed by atoms with van der Waals surface area (Å²) in [5.74, 6) is -0.138. The molecule has 1 amide bonds. The topological polar surface area (TPSA) is 56.1 Å². The molecule has 1 N–H and O–H groups in total. The summed E-state index contributed by atoms with van der Waals surface area (Å²) in [6, 6.07) is 15.7. The van der Waals surface area contributed by atoms with Crippen molar-refractivity contribution in [2.24, 2.45) is 0 Å². The minimum Gasteiger partial charge on any atom is -0.381 e. The highest BCUT2D eigenvalue weighted by Gasteiger charge is 2.35. The Bertz CT molecular complexity index is 997. The SMILES string of the molecule is O=C(NCC1(c2cccc(Cl)c2)CCOCC1)c1cnn(-c2ccc(Br)cc2)c1. The van der Waals surface area contributed by atoms with Gasteiger partial charge < -0.3 is 10.1 Å². The predicted molar refractivity (Wildman–Crippen MR) is 117 cm³/mol. The Balaban J connectivity index is 1.49. The molecule has 0 spiro atoms. The van der Waals surface area contributed by atoms with Gasteiger partial charge in [0.25, 0.3) is 5.91 Å². The maximum atomic E-state index is 12.8. The Hall–Kier alpha value is -2.15. The summed E-state index contributed by atoms with van der Waals surface area (Å²) in [6.45, 7) is 1.87. The molecule has 5 nitrogen and oxygen atoms in total. The number of amides is 1. The van der Waals surface area contributed by atoms with Gasteiger partial charge in [-0.25, -0.2) is 4.68 Å². The summed E-state index contributed by atoms with van der Waals surface area (Å²) in [5, 5.41) is 8.13. The summed E-state index contributed by atoms with van der Waals surface area (Å²) in [7, 11) is 0. The molecule has 0 radical (unpaired) electrons. The van der Waals surface area contributed by atoms with Gasteiger partial charge in [0.05, 0.1) is 17.4 Å². The standard InChI is InChI=1S/C22H21BrClN3O2/c23-18-4-6-20(7-5-18)27-14-16(13-26-27)21(28)25-15-22(8-10-29-11-9-22)17-2-1-3-19(24)12-17/h1-7,12-14H,8-11,15H2,(H,25,28). The smallest absolute Gasteiger partial charge is 0.254 e. The summed E-state index contributed by atoms with van der Waals surface area (Å²) >= 11 is 9.65. The van der Waals surface area contributed by atoms with Crippen LogP contribution in [0.25, 0.3) is 5.69 Å². The lowest BCUT2D eigenvalue weighted by Gasteiger charge is -2.38. The van der Waals surface area contributed by atoms with Gasteiger partial charge in [-0.2, -0.15) is 5.10 Å². The van der Waals surface area contributed by atoms with Gasteiger partial charge in [0.2, 0.25) is 0 Å². The van der Waals surface area contributed by atoms with Crippen LogP contribution in [0.4, 0.5) is 0 Å². The molecule has 2 heterocycles. The Labute approximate surface area is 183 Å². The molecule has 150 valence electrons. The van der Waals surface area contributed by atoms with Gasteiger partial charge in [-0.05, 0) is 54.8 Å². The summed E-state index contributed by atoms with van der Waals surface area (Å²) in [6.07, 6.45) is 5.01. The van der Waals surface area contributed by atoms with Crippen LogP contribution in [0.15, 0.2) is 65.4 Å². The van der Waals surface area contributed by atoms with E-state index in [1.807, 2.05) is 42.5 Å². The first-order valence-corrected chi connectivity index (χ1v) is 10.7. The number of rotatable bonds is 5. The second-order valence-electron chi connectivity index (χ2n) is 7.24. The molecular weight excluding hydrogens is 454 g/mol. The molecule has 0 saturated carbocycles. The first-order chi connectivity index (χ1) is 14.1. The molecule has 1 saturated heterocycles. The fraction of sp³-hybridized carbons (Fsp3) is 0.273. The number of halogens is 2. The fourth-order valence-corrected chi connectivity index (χ4v) is 4.13. The van der Waals surface area contributed by atoms with Crippen molar-refractivity contribution in [3.8, 4) is 5.69 Å². The second-order valence-corrected chi connectivity index (χ2v) is 8.59. The van der Waals surface area contributed by atoms with Crippen LogP contribution in [0, 0.1) is 0 Å². The van der Waals surface area contributed by atoms with Gasteiger partial charge in [0, 0.05) is 40.9 Å². The average Bonchev–Trinajstić information content (AvgIpc) is 3.24. The van der Waals surface area contributed by atoms with Crippen LogP contribution in [0.3, 0.4) is 0 Å². The van der Waals surface area contributed by atoms with Crippen molar-refractivity contribution in [3.63, 3.8) is 0 Å². The third-order valence-corrected chi connectivity index (χ3v) is 6.17. The number of ether oxygens (including phenoxy) is 1. The van der Waals surface area contributed by atoms with E-state index in [1.165, 1.54) is 0 Å². The highest BCUT2D eigenvalue weighted by molar-refractivity contribution is 9.10. The number of benzene rings is 2. The van der Waals surface area contributed by atoms with Crippen molar-refractivity contribution in [2.75, 3.05) is 19.8 Å². The first-order valence-electron chi connectivity index (χ1n) is 9.48. The zero-order chi connectivity index (χ0) is 20.3. The molecule has 1 aromatic heterocycles. The van der Waals surface area contributed by atoms with Crippen molar-refractivity contribution < 1.29 is 9.53 Å². The van der Waals surface area contributed by atoms with Crippen molar-refractivity contribution in [3.05, 3.63) is 81.5 Å². The highest BCUT2D eigenvalue weighted by Crippen LogP contribution is 2.35. The Morgan fingerprint density at radius 3 is 2.69 bits per heavy atom. The number of hydrogen-bond acceptors (Lipinski definition) is 3. The van der Waals surface area contributed by atoms with E-state index in [9.17, 15) is 4.79 Å². The lowest BCUT2D eigenvalue weighted by molar-refractivity contribution is 0.0487. The molecule has 0 bridgehead atoms. The summed E-state index contributed by atoms with van der Waals surface area (Å²) < 4.78 is 8.26. The van der Waals surface area contributed by atoms with Crippen molar-refractivity contribution in [1.82, 2.24) is 15.1 Å². The zero-order valence-corrected chi connectivity index (χ0v) is 18.1. The number of nitrogens with one attached hydrogen (secondary N) is 1. The van der Waals surface area contributed by atoms with E-state index >= 15 is 0 Å². The summed E-state index contributed by atoms with van der Waals surface area (Å²) in [4.78, 5) is 12.8. The van der Waals surface area contributed by atoms with Gasteiger partial charge in [-0.15, -0.1) is 0 Å². The van der Waals surface area contributed by atoms with Crippen molar-refractivity contribution in [2.45, 2.75) is 18.3 Å². The molecule has 2 aromatic carbocycles. The Morgan fingerprint density at radius 2 is 1.97 bits per heavy atom. The second kappa shape index (κ2) is 8.69. The van der Waals surface area contributed by atoms with E-state index < -0.39 is 0 Å². The van der Waals surface area contributed by atoms with Crippen molar-refractivity contribution >= 4 is 33.4 Å². The minimum atomic E-state index is -0.180. The van der Waals surface area contributed by atoms with Crippen LogP contribution in [0.1, 0.15) is 28.8 Å². The van der Waals surface area contributed by atoms with Crippen LogP contribution < -0.4 is 5.32 Å². The molecule has 1 fully saturated rings. The van der Waals surface area contributed by atoms with E-state index in [0.29, 0.717) is 30.3 Å². The number of nitrogens with zero attached hydrogens (tertiary/aromatic N) is 2. The number of carbonyl (C=O) groups is 1. The minimum absolute atomic E-state index is 0.138. The fourth-order valence-electron chi connectivity index (χ4n) is 3.67. The van der Waals surface area contributed by atoms with Gasteiger partial charge in [-0.3, -0.25) is 4.79 Å². The van der Waals surface area contributed by atoms with Crippen LogP contribution >= 0.6 is 27.5 Å². The average molecular weight is 475 g/mol. The number of carbonyl (C=O) groups excluding carboxylic acids is 1. The number of hydrogen-bond donors (Lipinski definition) is 1. The van der Waals surface area contributed by atoms with E-state index in [2.05, 4.69) is 32.4 Å². The highest BCUT2D eigenvalue weighted by atomic mass is 79.9. The predicted octanol–water partition coefficient (Wildman–Crippen LogP) is 4.77. The van der Waals surface area contributed by atoms with Crippen LogP contribution in [0.2, 0.25) is 5.02 Å². The molecule has 7 heteroatoms. The Morgan fingerprint density at radius 1 is 1.21 bits per heavy atom. The van der Waals surface area contributed by atoms with Gasteiger partial charge in [0.1, 0.15) is 0 Å². The van der Waals surface area contributed by atoms with Crippen LogP contribution in [-0.4, -0.2) is 35.4 Å². The zero-order valence-electron chi connectivity index (χ0n) is 15.8. The monoisotopic (exact) mass is 473 g/mol. The third-order valence-electron chi connectivity index (χ3n) is 5.41. The van der Waals surface area contributed by atoms with Gasteiger partial charge in [-0.1, -0.05) is 39.7 Å². The first kappa shape index (κ1) is 20.1. The molecule has 4 rings (SSSR count). The largest absolute Gasteiger partial charge is 0.381 e. The number of aromatic nitrogens is 2. The molecule has 29 heavy (non-hydrogen) atoms. The molecular formula is C22H21BrClN3O2. The van der Waals surface area contributed by atoms with E-state index in [1.54, 1.807) is 17.1 Å². The maximum Gasteiger partial charge on any atom is 0.254 e. The van der Waals surface area contributed by atoms with Crippen LogP contribution in [0.5, 0.6) is 0 Å². The maximum absolute atomic E-state index is 12.8. The Kier molecular flexibility index (Phi) is 6.04. The quantitative estimate of drug-likeness (QED) is 0.580. The van der Waals surface area contributed by atoms with Crippen LogP contribution in [-0.2, 0) is 10.2 Å². The normalized spacial score (nSPS) is 15.8. The van der Waals surface area contributed by atoms with E-state index in [0.717, 1.165) is 28.6 Å². The lowest BCUT2D eigenvalue weighted by Crippen LogP contribution is -2.44. The molecule has 3 aromatic rings.